The van der Waals surface area contributed by atoms with Gasteiger partial charge in [-0.05, 0) is 6.42 Å². The van der Waals surface area contributed by atoms with Crippen LogP contribution in [0.15, 0.2) is 6.33 Å². The van der Waals surface area contributed by atoms with Crippen molar-refractivity contribution in [2.75, 3.05) is 24.2 Å². The van der Waals surface area contributed by atoms with Crippen molar-refractivity contribution in [3.8, 4) is 0 Å². The number of hydrogen-bond acceptors (Lipinski definition) is 6. The lowest BCUT2D eigenvalue weighted by Crippen LogP contribution is -2.19. The molecule has 0 aliphatic carbocycles. The van der Waals surface area contributed by atoms with Gasteiger partial charge in [-0.25, -0.2) is 14.8 Å². The third-order valence-electron chi connectivity index (χ3n) is 1.97. The first-order valence-corrected chi connectivity index (χ1v) is 4.90. The molecule has 1 heterocycles. The van der Waals surface area contributed by atoms with E-state index in [0.29, 0.717) is 18.2 Å². The molecule has 0 saturated heterocycles. The van der Waals surface area contributed by atoms with Crippen molar-refractivity contribution in [2.24, 2.45) is 5.73 Å². The van der Waals surface area contributed by atoms with Crippen LogP contribution in [0.5, 0.6) is 0 Å². The minimum atomic E-state index is -0.792. The largest absolute Gasteiger partial charge is 0.448 e. The number of carbonyl (C=O) groups excluding carboxylic acids is 1. The van der Waals surface area contributed by atoms with Crippen LogP contribution < -0.4 is 16.8 Å². The smallest absolute Gasteiger partial charge is 0.404 e. The number of primary amides is 1. The Labute approximate surface area is 93.2 Å². The lowest BCUT2D eigenvalue weighted by Gasteiger charge is -2.10. The predicted octanol–water partition coefficient (Wildman–Crippen LogP) is 0.128. The molecule has 1 rings (SSSR count). The molecule has 0 unspecified atom stereocenters. The van der Waals surface area contributed by atoms with Crippen LogP contribution in [0.1, 0.15) is 12.5 Å². The minimum Gasteiger partial charge on any atom is -0.448 e. The first-order valence-electron chi connectivity index (χ1n) is 4.90. The first-order chi connectivity index (χ1) is 7.65. The maximum atomic E-state index is 10.3. The molecular weight excluding hydrogens is 210 g/mol. The number of carbonyl (C=O) groups is 1. The van der Waals surface area contributed by atoms with E-state index in [2.05, 4.69) is 20.0 Å². The van der Waals surface area contributed by atoms with Crippen molar-refractivity contribution in [3.63, 3.8) is 0 Å². The van der Waals surface area contributed by atoms with Crippen molar-refractivity contribution in [1.82, 2.24) is 9.97 Å². The number of nitrogens with two attached hydrogens (primary N) is 2. The van der Waals surface area contributed by atoms with Crippen LogP contribution in [-0.2, 0) is 11.2 Å². The standard InChI is InChI=1S/C9H15N5O2/c1-2-6-7(10)13-5-14-8(6)12-3-4-16-9(11)15/h5H,2-4H2,1H3,(H2,11,15)(H3,10,12,13,14). The van der Waals surface area contributed by atoms with Gasteiger partial charge in [0.1, 0.15) is 24.6 Å². The highest BCUT2D eigenvalue weighted by atomic mass is 16.5. The van der Waals surface area contributed by atoms with Gasteiger partial charge >= 0.3 is 6.09 Å². The Balaban J connectivity index is 2.53. The van der Waals surface area contributed by atoms with Crippen molar-refractivity contribution in [3.05, 3.63) is 11.9 Å². The first kappa shape index (κ1) is 12.0. The fourth-order valence-corrected chi connectivity index (χ4v) is 1.25. The van der Waals surface area contributed by atoms with E-state index in [-0.39, 0.29) is 6.61 Å². The Morgan fingerprint density at radius 3 is 2.94 bits per heavy atom. The predicted molar refractivity (Wildman–Crippen MR) is 59.8 cm³/mol. The topological polar surface area (TPSA) is 116 Å². The van der Waals surface area contributed by atoms with Gasteiger partial charge in [0.2, 0.25) is 0 Å². The van der Waals surface area contributed by atoms with E-state index >= 15 is 0 Å². The molecule has 16 heavy (non-hydrogen) atoms. The van der Waals surface area contributed by atoms with Crippen LogP contribution in [0.2, 0.25) is 0 Å². The van der Waals surface area contributed by atoms with Crippen LogP contribution in [0.3, 0.4) is 0 Å². The number of anilines is 2. The van der Waals surface area contributed by atoms with Gasteiger partial charge in [0.25, 0.3) is 0 Å². The molecule has 5 N–H and O–H groups in total. The zero-order chi connectivity index (χ0) is 12.0. The molecule has 0 aliphatic rings. The molecule has 0 aromatic carbocycles. The van der Waals surface area contributed by atoms with Crippen molar-refractivity contribution in [1.29, 1.82) is 0 Å². The van der Waals surface area contributed by atoms with Crippen molar-refractivity contribution in [2.45, 2.75) is 13.3 Å². The Morgan fingerprint density at radius 1 is 1.56 bits per heavy atom. The highest BCUT2D eigenvalue weighted by molar-refractivity contribution is 5.64. The minimum absolute atomic E-state index is 0.183. The summed E-state index contributed by atoms with van der Waals surface area (Å²) in [5.74, 6) is 1.11. The second kappa shape index (κ2) is 5.74. The molecule has 1 aromatic heterocycles. The number of rotatable bonds is 5. The van der Waals surface area contributed by atoms with Gasteiger partial charge in [0.05, 0.1) is 6.54 Å². The van der Waals surface area contributed by atoms with Gasteiger partial charge in [0, 0.05) is 5.56 Å². The molecule has 0 bridgehead atoms. The number of hydrogen-bond donors (Lipinski definition) is 3. The van der Waals surface area contributed by atoms with Gasteiger partial charge in [-0.1, -0.05) is 6.92 Å². The monoisotopic (exact) mass is 225 g/mol. The number of ether oxygens (including phenoxy) is 1. The third kappa shape index (κ3) is 3.26. The summed E-state index contributed by atoms with van der Waals surface area (Å²) in [4.78, 5) is 18.3. The van der Waals surface area contributed by atoms with Gasteiger partial charge in [0.15, 0.2) is 0 Å². The molecule has 0 aliphatic heterocycles. The Hall–Kier alpha value is -2.05. The lowest BCUT2D eigenvalue weighted by molar-refractivity contribution is 0.161. The summed E-state index contributed by atoms with van der Waals surface area (Å²) in [6.45, 7) is 2.56. The van der Waals surface area contributed by atoms with Crippen LogP contribution in [0, 0.1) is 0 Å². The quantitative estimate of drug-likeness (QED) is 0.613. The van der Waals surface area contributed by atoms with Crippen molar-refractivity contribution < 1.29 is 9.53 Å². The second-order valence-electron chi connectivity index (χ2n) is 3.03. The number of aromatic nitrogens is 2. The van der Waals surface area contributed by atoms with Crippen molar-refractivity contribution >= 4 is 17.7 Å². The molecule has 0 spiro atoms. The molecule has 1 aromatic rings. The summed E-state index contributed by atoms with van der Waals surface area (Å²) in [5, 5.41) is 3.00. The number of amides is 1. The van der Waals surface area contributed by atoms with Gasteiger partial charge < -0.3 is 21.5 Å². The van der Waals surface area contributed by atoms with E-state index in [4.69, 9.17) is 11.5 Å². The molecular formula is C9H15N5O2. The zero-order valence-corrected chi connectivity index (χ0v) is 9.06. The molecule has 1 amide bonds. The third-order valence-corrected chi connectivity index (χ3v) is 1.97. The summed E-state index contributed by atoms with van der Waals surface area (Å²) >= 11 is 0. The SMILES string of the molecule is CCc1c(N)ncnc1NCCOC(N)=O. The second-order valence-corrected chi connectivity index (χ2v) is 3.03. The van der Waals surface area contributed by atoms with E-state index in [1.807, 2.05) is 6.92 Å². The fourth-order valence-electron chi connectivity index (χ4n) is 1.25. The average Bonchev–Trinajstić information content (AvgIpc) is 2.24. The Morgan fingerprint density at radius 2 is 2.31 bits per heavy atom. The molecule has 0 atom stereocenters. The van der Waals surface area contributed by atoms with E-state index < -0.39 is 6.09 Å². The summed E-state index contributed by atoms with van der Waals surface area (Å²) < 4.78 is 4.57. The average molecular weight is 225 g/mol. The van der Waals surface area contributed by atoms with E-state index in [9.17, 15) is 4.79 Å². The van der Waals surface area contributed by atoms with E-state index in [1.165, 1.54) is 6.33 Å². The van der Waals surface area contributed by atoms with Crippen LogP contribution in [-0.4, -0.2) is 29.2 Å². The maximum absolute atomic E-state index is 10.3. The summed E-state index contributed by atoms with van der Waals surface area (Å²) in [7, 11) is 0. The van der Waals surface area contributed by atoms with Gasteiger partial charge in [-0.15, -0.1) is 0 Å². The number of nitrogens with zero attached hydrogens (tertiary/aromatic N) is 2. The highest BCUT2D eigenvalue weighted by Gasteiger charge is 2.06. The fraction of sp³-hybridized carbons (Fsp3) is 0.444. The zero-order valence-electron chi connectivity index (χ0n) is 9.06. The maximum Gasteiger partial charge on any atom is 0.404 e. The van der Waals surface area contributed by atoms with Crippen LogP contribution >= 0.6 is 0 Å². The molecule has 0 fully saturated rings. The van der Waals surface area contributed by atoms with Gasteiger partial charge in [-0.2, -0.15) is 0 Å². The Kier molecular flexibility index (Phi) is 4.31. The summed E-state index contributed by atoms with van der Waals surface area (Å²) in [6, 6.07) is 0. The highest BCUT2D eigenvalue weighted by Crippen LogP contribution is 2.16. The lowest BCUT2D eigenvalue weighted by atomic mass is 10.2. The summed E-state index contributed by atoms with van der Waals surface area (Å²) in [5.41, 5.74) is 11.4. The molecule has 0 saturated carbocycles. The summed E-state index contributed by atoms with van der Waals surface area (Å²) in [6.07, 6.45) is 1.32. The number of nitrogen functional groups attached to an aromatic ring is 1. The van der Waals surface area contributed by atoms with E-state index in [1.54, 1.807) is 0 Å². The van der Waals surface area contributed by atoms with Crippen LogP contribution in [0.4, 0.5) is 16.4 Å². The molecule has 88 valence electrons. The van der Waals surface area contributed by atoms with Gasteiger partial charge in [-0.3, -0.25) is 0 Å². The molecule has 0 radical (unpaired) electrons. The molecule has 7 heteroatoms. The molecule has 7 nitrogen and oxygen atoms in total. The number of nitrogens with one attached hydrogen (secondary N) is 1. The normalized spacial score (nSPS) is 9.81. The Bertz CT molecular complexity index is 369. The van der Waals surface area contributed by atoms with Crippen LogP contribution in [0.25, 0.3) is 0 Å². The van der Waals surface area contributed by atoms with E-state index in [0.717, 1.165) is 12.0 Å².